The van der Waals surface area contributed by atoms with Gasteiger partial charge >= 0.3 is 0 Å². The zero-order valence-corrected chi connectivity index (χ0v) is 13.7. The normalized spacial score (nSPS) is 15.8. The van der Waals surface area contributed by atoms with E-state index in [0.717, 1.165) is 42.5 Å². The van der Waals surface area contributed by atoms with Crippen LogP contribution in [0.25, 0.3) is 0 Å². The molecule has 0 bridgehead atoms. The van der Waals surface area contributed by atoms with Crippen molar-refractivity contribution in [1.82, 2.24) is 4.90 Å². The fourth-order valence-electron chi connectivity index (χ4n) is 2.63. The van der Waals surface area contributed by atoms with Crippen LogP contribution in [0.5, 0.6) is 0 Å². The van der Waals surface area contributed by atoms with Gasteiger partial charge < -0.3 is 10.2 Å². The summed E-state index contributed by atoms with van der Waals surface area (Å²) in [5, 5.41) is 3.30. The Morgan fingerprint density at radius 3 is 2.60 bits per heavy atom. The Kier molecular flexibility index (Phi) is 5.89. The van der Waals surface area contributed by atoms with E-state index >= 15 is 0 Å². The van der Waals surface area contributed by atoms with Gasteiger partial charge in [-0.15, -0.1) is 0 Å². The van der Waals surface area contributed by atoms with Crippen LogP contribution in [0.3, 0.4) is 0 Å². The van der Waals surface area contributed by atoms with Crippen LogP contribution in [0.4, 0.5) is 5.69 Å². The maximum atomic E-state index is 12.2. The number of amides is 1. The van der Waals surface area contributed by atoms with Gasteiger partial charge in [0.05, 0.1) is 6.54 Å². The molecule has 0 aliphatic carbocycles. The summed E-state index contributed by atoms with van der Waals surface area (Å²) in [5.41, 5.74) is 2.31. The molecule has 1 aliphatic heterocycles. The average molecular weight is 339 g/mol. The van der Waals surface area contributed by atoms with Crippen molar-refractivity contribution in [3.8, 4) is 0 Å². The molecule has 1 amide bonds. The fraction of sp³-hybridized carbons (Fsp3) is 0.562. The van der Waals surface area contributed by atoms with Crippen molar-refractivity contribution in [2.45, 2.75) is 39.0 Å². The quantitative estimate of drug-likeness (QED) is 0.904. The van der Waals surface area contributed by atoms with Crippen LogP contribution < -0.4 is 5.32 Å². The van der Waals surface area contributed by atoms with Gasteiger partial charge in [0.15, 0.2) is 0 Å². The van der Waals surface area contributed by atoms with Gasteiger partial charge in [0.1, 0.15) is 0 Å². The van der Waals surface area contributed by atoms with E-state index in [1.165, 1.54) is 18.4 Å². The summed E-state index contributed by atoms with van der Waals surface area (Å²) in [4.78, 5) is 14.2. The van der Waals surface area contributed by atoms with E-state index in [-0.39, 0.29) is 5.91 Å². The number of nitrogens with one attached hydrogen (secondary N) is 1. The van der Waals surface area contributed by atoms with Gasteiger partial charge in [0.25, 0.3) is 0 Å². The summed E-state index contributed by atoms with van der Waals surface area (Å²) >= 11 is 3.49. The van der Waals surface area contributed by atoms with Gasteiger partial charge in [-0.2, -0.15) is 0 Å². The lowest BCUT2D eigenvalue weighted by Gasteiger charge is -2.21. The molecule has 1 N–H and O–H groups in total. The number of aryl methyl sites for hydroxylation is 1. The molecule has 0 aromatic heterocycles. The first kappa shape index (κ1) is 15.4. The lowest BCUT2D eigenvalue weighted by atomic mass is 10.1. The number of hydrogen-bond donors (Lipinski definition) is 1. The van der Waals surface area contributed by atoms with Crippen LogP contribution in [0.15, 0.2) is 22.7 Å². The summed E-state index contributed by atoms with van der Waals surface area (Å²) in [6, 6.07) is 6.16. The molecule has 2 rings (SSSR count). The number of nitrogens with zero attached hydrogens (tertiary/aromatic N) is 1. The first-order valence-corrected chi connectivity index (χ1v) is 8.30. The van der Waals surface area contributed by atoms with Crippen LogP contribution in [-0.2, 0) is 11.2 Å². The molecule has 0 saturated carbocycles. The van der Waals surface area contributed by atoms with Gasteiger partial charge in [-0.05, 0) is 43.0 Å². The second-order valence-electron chi connectivity index (χ2n) is 5.30. The molecule has 0 radical (unpaired) electrons. The SMILES string of the molecule is CCc1cc(Br)ccc1NCC(=O)N1CCCCCC1. The Balaban J connectivity index is 1.92. The zero-order chi connectivity index (χ0) is 14.4. The van der Waals surface area contributed by atoms with Crippen LogP contribution in [0, 0.1) is 0 Å². The van der Waals surface area contributed by atoms with Crippen LogP contribution in [0.1, 0.15) is 38.2 Å². The van der Waals surface area contributed by atoms with E-state index in [1.807, 2.05) is 17.0 Å². The topological polar surface area (TPSA) is 32.3 Å². The molecule has 0 atom stereocenters. The number of benzene rings is 1. The molecule has 0 unspecified atom stereocenters. The predicted molar refractivity (Wildman–Crippen MR) is 87.1 cm³/mol. The van der Waals surface area contributed by atoms with Gasteiger partial charge in [-0.1, -0.05) is 35.7 Å². The van der Waals surface area contributed by atoms with Crippen molar-refractivity contribution in [2.24, 2.45) is 0 Å². The molecular formula is C16H23BrN2O. The monoisotopic (exact) mass is 338 g/mol. The third-order valence-electron chi connectivity index (χ3n) is 3.84. The highest BCUT2D eigenvalue weighted by Crippen LogP contribution is 2.21. The third kappa shape index (κ3) is 4.23. The highest BCUT2D eigenvalue weighted by Gasteiger charge is 2.15. The molecule has 1 heterocycles. The number of carbonyl (C=O) groups is 1. The highest BCUT2D eigenvalue weighted by atomic mass is 79.9. The molecular weight excluding hydrogens is 316 g/mol. The molecule has 1 aromatic carbocycles. The van der Waals surface area contributed by atoms with Crippen molar-refractivity contribution < 1.29 is 4.79 Å². The minimum atomic E-state index is 0.219. The van der Waals surface area contributed by atoms with Crippen molar-refractivity contribution >= 4 is 27.5 Å². The number of anilines is 1. The van der Waals surface area contributed by atoms with Crippen LogP contribution in [-0.4, -0.2) is 30.4 Å². The Labute approximate surface area is 129 Å². The van der Waals surface area contributed by atoms with Crippen molar-refractivity contribution in [2.75, 3.05) is 25.0 Å². The Hall–Kier alpha value is -1.03. The second kappa shape index (κ2) is 7.67. The second-order valence-corrected chi connectivity index (χ2v) is 6.22. The number of halogens is 1. The molecule has 1 fully saturated rings. The standard InChI is InChI=1S/C16H23BrN2O/c1-2-13-11-14(17)7-8-15(13)18-12-16(20)19-9-5-3-4-6-10-19/h7-8,11,18H,2-6,9-10,12H2,1H3. The lowest BCUT2D eigenvalue weighted by Crippen LogP contribution is -2.36. The Morgan fingerprint density at radius 1 is 1.25 bits per heavy atom. The van der Waals surface area contributed by atoms with E-state index < -0.39 is 0 Å². The highest BCUT2D eigenvalue weighted by molar-refractivity contribution is 9.10. The molecule has 4 heteroatoms. The number of hydrogen-bond acceptors (Lipinski definition) is 2. The minimum absolute atomic E-state index is 0.219. The Morgan fingerprint density at radius 2 is 1.95 bits per heavy atom. The van der Waals surface area contributed by atoms with Gasteiger partial charge in [0.2, 0.25) is 5.91 Å². The van der Waals surface area contributed by atoms with Gasteiger partial charge in [0, 0.05) is 23.2 Å². The Bertz CT molecular complexity index is 454. The summed E-state index contributed by atoms with van der Waals surface area (Å²) in [6.07, 6.45) is 5.75. The van der Waals surface area contributed by atoms with Gasteiger partial charge in [-0.3, -0.25) is 4.79 Å². The maximum Gasteiger partial charge on any atom is 0.241 e. The summed E-state index contributed by atoms with van der Waals surface area (Å²) in [7, 11) is 0. The van der Waals surface area contributed by atoms with Crippen molar-refractivity contribution in [3.05, 3.63) is 28.2 Å². The molecule has 20 heavy (non-hydrogen) atoms. The van der Waals surface area contributed by atoms with E-state index in [0.29, 0.717) is 6.54 Å². The van der Waals surface area contributed by atoms with Gasteiger partial charge in [-0.25, -0.2) is 0 Å². The van der Waals surface area contributed by atoms with Crippen molar-refractivity contribution in [3.63, 3.8) is 0 Å². The van der Waals surface area contributed by atoms with Crippen molar-refractivity contribution in [1.29, 1.82) is 0 Å². The molecule has 0 spiro atoms. The van der Waals surface area contributed by atoms with E-state index in [2.05, 4.69) is 34.2 Å². The number of carbonyl (C=O) groups excluding carboxylic acids is 1. The van der Waals surface area contributed by atoms with Crippen LogP contribution in [0.2, 0.25) is 0 Å². The summed E-state index contributed by atoms with van der Waals surface area (Å²) < 4.78 is 1.08. The summed E-state index contributed by atoms with van der Waals surface area (Å²) in [6.45, 7) is 4.36. The molecule has 1 aliphatic rings. The van der Waals surface area contributed by atoms with E-state index in [4.69, 9.17) is 0 Å². The first-order chi connectivity index (χ1) is 9.70. The molecule has 3 nitrogen and oxygen atoms in total. The fourth-order valence-corrected chi connectivity index (χ4v) is 3.04. The average Bonchev–Trinajstić information content (AvgIpc) is 2.74. The van der Waals surface area contributed by atoms with Crippen LogP contribution >= 0.6 is 15.9 Å². The largest absolute Gasteiger partial charge is 0.376 e. The molecule has 110 valence electrons. The smallest absolute Gasteiger partial charge is 0.241 e. The van der Waals surface area contributed by atoms with E-state index in [9.17, 15) is 4.79 Å². The summed E-state index contributed by atoms with van der Waals surface area (Å²) in [5.74, 6) is 0.219. The first-order valence-electron chi connectivity index (χ1n) is 7.50. The van der Waals surface area contributed by atoms with E-state index in [1.54, 1.807) is 0 Å². The zero-order valence-electron chi connectivity index (χ0n) is 12.1. The minimum Gasteiger partial charge on any atom is -0.376 e. The number of rotatable bonds is 4. The molecule has 1 saturated heterocycles. The maximum absolute atomic E-state index is 12.2. The molecule has 1 aromatic rings. The number of likely N-dealkylation sites (tertiary alicyclic amines) is 1. The predicted octanol–water partition coefficient (Wildman–Crippen LogP) is 3.83. The lowest BCUT2D eigenvalue weighted by molar-refractivity contribution is -0.129. The third-order valence-corrected chi connectivity index (χ3v) is 4.33.